The molecule has 0 aliphatic carbocycles. The van der Waals surface area contributed by atoms with Gasteiger partial charge in [-0.15, -0.1) is 5.10 Å². The van der Waals surface area contributed by atoms with Crippen LogP contribution in [0.15, 0.2) is 48.5 Å². The first-order chi connectivity index (χ1) is 13.0. The van der Waals surface area contributed by atoms with Gasteiger partial charge in [0.15, 0.2) is 5.69 Å². The maximum absolute atomic E-state index is 12.5. The third kappa shape index (κ3) is 4.64. The van der Waals surface area contributed by atoms with Crippen LogP contribution < -0.4 is 4.74 Å². The van der Waals surface area contributed by atoms with Gasteiger partial charge < -0.3 is 4.74 Å². The van der Waals surface area contributed by atoms with Crippen LogP contribution in [0.25, 0.3) is 11.3 Å². The molecule has 0 aliphatic heterocycles. The molecule has 0 saturated heterocycles. The molecule has 0 amide bonds. The van der Waals surface area contributed by atoms with Crippen LogP contribution in [0.1, 0.15) is 23.2 Å². The number of nitriles is 1. The number of nitrogens with one attached hydrogen (secondary N) is 1. The predicted octanol–water partition coefficient (Wildman–Crippen LogP) is 4.37. The highest BCUT2D eigenvalue weighted by molar-refractivity contribution is 5.65. The van der Waals surface area contributed by atoms with Gasteiger partial charge in [-0.25, -0.2) is 0 Å². The van der Waals surface area contributed by atoms with Gasteiger partial charge in [-0.3, -0.25) is 0 Å². The van der Waals surface area contributed by atoms with Crippen molar-refractivity contribution in [1.82, 2.24) is 15.4 Å². The molecule has 0 bridgehead atoms. The van der Waals surface area contributed by atoms with Gasteiger partial charge in [-0.2, -0.15) is 28.7 Å². The molecular weight excluding hydrogens is 357 g/mol. The van der Waals surface area contributed by atoms with Crippen LogP contribution in [0.4, 0.5) is 13.2 Å². The average Bonchev–Trinajstić information content (AvgIpc) is 3.14. The minimum Gasteiger partial charge on any atom is -0.494 e. The third-order valence-corrected chi connectivity index (χ3v) is 3.92. The van der Waals surface area contributed by atoms with Crippen molar-refractivity contribution in [2.45, 2.75) is 19.0 Å². The fourth-order valence-electron chi connectivity index (χ4n) is 2.57. The molecule has 0 fully saturated rings. The Bertz CT molecular complexity index is 943. The lowest BCUT2D eigenvalue weighted by Crippen LogP contribution is -2.05. The summed E-state index contributed by atoms with van der Waals surface area (Å²) in [5.41, 5.74) is 1.54. The van der Waals surface area contributed by atoms with Crippen molar-refractivity contribution in [2.24, 2.45) is 0 Å². The Hall–Kier alpha value is -3.34. The number of aromatic amines is 1. The molecule has 27 heavy (non-hydrogen) atoms. The number of aromatic nitrogens is 3. The Morgan fingerprint density at radius 3 is 2.56 bits per heavy atom. The predicted molar refractivity (Wildman–Crippen MR) is 91.8 cm³/mol. The molecule has 1 aromatic heterocycles. The average molecular weight is 372 g/mol. The standard InChI is InChI=1S/C19H15F3N4O/c20-19(21,22)15-8-6-13(7-9-15)3-2-10-27-16-5-1-4-14(11-16)18-17(12-23)24-26-25-18/h1,4-9,11H,2-3,10H2,(H,24,25,26). The Kier molecular flexibility index (Phi) is 5.41. The number of hydrogen-bond acceptors (Lipinski definition) is 4. The van der Waals surface area contributed by atoms with E-state index in [-0.39, 0.29) is 5.69 Å². The summed E-state index contributed by atoms with van der Waals surface area (Å²) in [6.45, 7) is 0.411. The number of alkyl halides is 3. The molecule has 0 atom stereocenters. The van der Waals surface area contributed by atoms with Gasteiger partial charge in [-0.05, 0) is 42.7 Å². The summed E-state index contributed by atoms with van der Waals surface area (Å²) in [6.07, 6.45) is -3.05. The van der Waals surface area contributed by atoms with E-state index >= 15 is 0 Å². The van der Waals surface area contributed by atoms with Gasteiger partial charge in [0.2, 0.25) is 0 Å². The van der Waals surface area contributed by atoms with Crippen LogP contribution in [-0.4, -0.2) is 22.0 Å². The number of benzene rings is 2. The van der Waals surface area contributed by atoms with E-state index in [1.165, 1.54) is 12.1 Å². The fourth-order valence-corrected chi connectivity index (χ4v) is 2.57. The number of aryl methyl sites for hydroxylation is 1. The summed E-state index contributed by atoms with van der Waals surface area (Å²) >= 11 is 0. The SMILES string of the molecule is N#Cc1n[nH]nc1-c1cccc(OCCCc2ccc(C(F)(F)F)cc2)c1. The number of nitrogens with zero attached hydrogens (tertiary/aromatic N) is 3. The highest BCUT2D eigenvalue weighted by Crippen LogP contribution is 2.29. The van der Waals surface area contributed by atoms with Crippen molar-refractivity contribution in [3.05, 3.63) is 65.4 Å². The first kappa shape index (κ1) is 18.5. The van der Waals surface area contributed by atoms with E-state index in [4.69, 9.17) is 10.00 Å². The van der Waals surface area contributed by atoms with E-state index in [2.05, 4.69) is 15.4 Å². The van der Waals surface area contributed by atoms with Crippen LogP contribution in [0, 0.1) is 11.3 Å². The van der Waals surface area contributed by atoms with Gasteiger partial charge in [0.05, 0.1) is 12.2 Å². The van der Waals surface area contributed by atoms with Crippen molar-refractivity contribution < 1.29 is 17.9 Å². The van der Waals surface area contributed by atoms with Gasteiger partial charge in [-0.1, -0.05) is 24.3 Å². The molecule has 1 heterocycles. The molecule has 0 aliphatic rings. The third-order valence-electron chi connectivity index (χ3n) is 3.92. The van der Waals surface area contributed by atoms with Gasteiger partial charge in [0, 0.05) is 5.56 Å². The maximum atomic E-state index is 12.5. The molecule has 1 N–H and O–H groups in total. The van der Waals surface area contributed by atoms with E-state index in [0.29, 0.717) is 36.5 Å². The van der Waals surface area contributed by atoms with E-state index in [1.807, 2.05) is 6.07 Å². The topological polar surface area (TPSA) is 74.6 Å². The monoisotopic (exact) mass is 372 g/mol. The van der Waals surface area contributed by atoms with E-state index in [0.717, 1.165) is 17.7 Å². The molecule has 5 nitrogen and oxygen atoms in total. The van der Waals surface area contributed by atoms with Crippen molar-refractivity contribution in [2.75, 3.05) is 6.61 Å². The van der Waals surface area contributed by atoms with E-state index in [1.54, 1.807) is 24.3 Å². The molecule has 0 saturated carbocycles. The second-order valence-corrected chi connectivity index (χ2v) is 5.81. The maximum Gasteiger partial charge on any atom is 0.416 e. The number of hydrogen-bond donors (Lipinski definition) is 1. The number of H-pyrrole nitrogens is 1. The first-order valence-corrected chi connectivity index (χ1v) is 8.17. The smallest absolute Gasteiger partial charge is 0.416 e. The van der Waals surface area contributed by atoms with Crippen molar-refractivity contribution >= 4 is 0 Å². The molecule has 138 valence electrons. The van der Waals surface area contributed by atoms with Gasteiger partial charge in [0.1, 0.15) is 17.5 Å². The molecule has 2 aromatic carbocycles. The number of ether oxygens (including phenoxy) is 1. The van der Waals surface area contributed by atoms with Gasteiger partial charge >= 0.3 is 6.18 Å². The number of halogens is 3. The van der Waals surface area contributed by atoms with Crippen LogP contribution >= 0.6 is 0 Å². The Balaban J connectivity index is 1.54. The van der Waals surface area contributed by atoms with Crippen LogP contribution in [-0.2, 0) is 12.6 Å². The molecule has 0 spiro atoms. The zero-order valence-corrected chi connectivity index (χ0v) is 14.1. The largest absolute Gasteiger partial charge is 0.494 e. The summed E-state index contributed by atoms with van der Waals surface area (Å²) in [6, 6.07) is 14.2. The van der Waals surface area contributed by atoms with Crippen LogP contribution in [0.3, 0.4) is 0 Å². The molecule has 8 heteroatoms. The Labute approximate surface area is 153 Å². The first-order valence-electron chi connectivity index (χ1n) is 8.17. The lowest BCUT2D eigenvalue weighted by Gasteiger charge is -2.09. The van der Waals surface area contributed by atoms with Crippen molar-refractivity contribution in [1.29, 1.82) is 5.26 Å². The van der Waals surface area contributed by atoms with E-state index in [9.17, 15) is 13.2 Å². The summed E-state index contributed by atoms with van der Waals surface area (Å²) in [4.78, 5) is 0. The van der Waals surface area contributed by atoms with Crippen LogP contribution in [0.2, 0.25) is 0 Å². The minimum atomic E-state index is -4.32. The lowest BCUT2D eigenvalue weighted by atomic mass is 10.1. The quantitative estimate of drug-likeness (QED) is 0.652. The Morgan fingerprint density at radius 1 is 1.07 bits per heavy atom. The zero-order valence-electron chi connectivity index (χ0n) is 14.1. The summed E-state index contributed by atoms with van der Waals surface area (Å²) in [7, 11) is 0. The normalized spacial score (nSPS) is 11.2. The van der Waals surface area contributed by atoms with Crippen molar-refractivity contribution in [3.8, 4) is 23.1 Å². The van der Waals surface area contributed by atoms with Crippen molar-refractivity contribution in [3.63, 3.8) is 0 Å². The van der Waals surface area contributed by atoms with Crippen LogP contribution in [0.5, 0.6) is 5.75 Å². The summed E-state index contributed by atoms with van der Waals surface area (Å²) in [5, 5.41) is 19.2. The molecule has 3 rings (SSSR count). The van der Waals surface area contributed by atoms with Gasteiger partial charge in [0.25, 0.3) is 0 Å². The van der Waals surface area contributed by atoms with E-state index < -0.39 is 11.7 Å². The zero-order chi connectivity index (χ0) is 19.3. The highest BCUT2D eigenvalue weighted by Gasteiger charge is 2.29. The summed E-state index contributed by atoms with van der Waals surface area (Å²) in [5.74, 6) is 0.617. The highest BCUT2D eigenvalue weighted by atomic mass is 19.4. The molecule has 3 aromatic rings. The fraction of sp³-hybridized carbons (Fsp3) is 0.211. The minimum absolute atomic E-state index is 0.203. The Morgan fingerprint density at radius 2 is 1.85 bits per heavy atom. The second-order valence-electron chi connectivity index (χ2n) is 5.81. The molecule has 0 radical (unpaired) electrons. The second kappa shape index (κ2) is 7.91. The molecular formula is C19H15F3N4O. The summed E-state index contributed by atoms with van der Waals surface area (Å²) < 4.78 is 43.3. The molecule has 0 unspecified atom stereocenters. The number of rotatable bonds is 6. The lowest BCUT2D eigenvalue weighted by molar-refractivity contribution is -0.137.